The maximum Gasteiger partial charge on any atom is 0.237 e. The van der Waals surface area contributed by atoms with Gasteiger partial charge in [-0.2, -0.15) is 0 Å². The third-order valence-electron chi connectivity index (χ3n) is 6.03. The number of primary amides is 1. The van der Waals surface area contributed by atoms with Gasteiger partial charge in [-0.05, 0) is 36.8 Å². The van der Waals surface area contributed by atoms with Gasteiger partial charge in [0, 0.05) is 27.5 Å². The van der Waals surface area contributed by atoms with Crippen LogP contribution in [0.25, 0.3) is 38.2 Å². The molecule has 0 saturated carbocycles. The molecule has 150 valence electrons. The number of nitrogens with zero attached hydrogens (tertiary/aromatic N) is 5. The predicted octanol–water partition coefficient (Wildman–Crippen LogP) is 3.89. The maximum absolute atomic E-state index is 11.5. The van der Waals surface area contributed by atoms with Gasteiger partial charge in [0.05, 0.1) is 5.39 Å². The van der Waals surface area contributed by atoms with E-state index in [2.05, 4.69) is 11.9 Å². The molecule has 4 aromatic heterocycles. The van der Waals surface area contributed by atoms with Crippen molar-refractivity contribution in [2.75, 3.05) is 0 Å². The molecule has 1 aliphatic carbocycles. The molecular formula is C22H20N6OS. The van der Waals surface area contributed by atoms with Crippen LogP contribution in [0.2, 0.25) is 0 Å². The first-order valence-corrected chi connectivity index (χ1v) is 10.9. The highest BCUT2D eigenvalue weighted by molar-refractivity contribution is 7.19. The number of rotatable bonds is 3. The summed E-state index contributed by atoms with van der Waals surface area (Å²) in [5.41, 5.74) is 9.53. The van der Waals surface area contributed by atoms with Gasteiger partial charge in [-0.15, -0.1) is 16.4 Å². The molecule has 5 aromatic rings. The summed E-state index contributed by atoms with van der Waals surface area (Å²) in [7, 11) is 0. The average Bonchev–Trinajstić information content (AvgIpc) is 3.40. The Morgan fingerprint density at radius 2 is 2.20 bits per heavy atom. The SMILES string of the molecule is CC1CCCc2sc3ncn4nc(-c5cn(CC(N)=O)c6ccccc56)nc4c3c21. The summed E-state index contributed by atoms with van der Waals surface area (Å²) >= 11 is 1.79. The van der Waals surface area contributed by atoms with Gasteiger partial charge in [0.15, 0.2) is 11.5 Å². The monoisotopic (exact) mass is 416 g/mol. The first-order valence-electron chi connectivity index (χ1n) is 10.1. The Kier molecular flexibility index (Phi) is 3.73. The lowest BCUT2D eigenvalue weighted by Gasteiger charge is -2.18. The largest absolute Gasteiger partial charge is 0.368 e. The van der Waals surface area contributed by atoms with E-state index in [0.717, 1.165) is 38.8 Å². The molecule has 7 nitrogen and oxygen atoms in total. The number of benzene rings is 1. The summed E-state index contributed by atoms with van der Waals surface area (Å²) in [6, 6.07) is 7.94. The molecule has 2 N–H and O–H groups in total. The highest BCUT2D eigenvalue weighted by atomic mass is 32.1. The number of aromatic nitrogens is 5. The second-order valence-electron chi connectivity index (χ2n) is 8.01. The molecule has 30 heavy (non-hydrogen) atoms. The number of carbonyl (C=O) groups excluding carboxylic acids is 1. The molecule has 0 bridgehead atoms. The summed E-state index contributed by atoms with van der Waals surface area (Å²) in [6.07, 6.45) is 7.22. The zero-order valence-corrected chi connectivity index (χ0v) is 17.3. The van der Waals surface area contributed by atoms with E-state index < -0.39 is 0 Å². The predicted molar refractivity (Wildman–Crippen MR) is 118 cm³/mol. The molecule has 0 radical (unpaired) electrons. The van der Waals surface area contributed by atoms with Gasteiger partial charge in [0.1, 0.15) is 17.7 Å². The van der Waals surface area contributed by atoms with Gasteiger partial charge in [-0.1, -0.05) is 25.1 Å². The molecule has 0 fully saturated rings. The molecule has 1 unspecified atom stereocenters. The van der Waals surface area contributed by atoms with E-state index in [1.54, 1.807) is 22.2 Å². The van der Waals surface area contributed by atoms with Crippen molar-refractivity contribution in [3.8, 4) is 11.4 Å². The third-order valence-corrected chi connectivity index (χ3v) is 7.21. The summed E-state index contributed by atoms with van der Waals surface area (Å²) in [6.45, 7) is 2.41. The van der Waals surface area contributed by atoms with E-state index >= 15 is 0 Å². The lowest BCUT2D eigenvalue weighted by Crippen LogP contribution is -2.17. The molecule has 1 amide bonds. The number of hydrogen-bond acceptors (Lipinski definition) is 5. The average molecular weight is 417 g/mol. The van der Waals surface area contributed by atoms with Gasteiger partial charge in [-0.3, -0.25) is 4.79 Å². The molecular weight excluding hydrogens is 396 g/mol. The Bertz CT molecular complexity index is 1460. The van der Waals surface area contributed by atoms with Crippen LogP contribution in [0, 0.1) is 0 Å². The molecule has 1 atom stereocenters. The zero-order valence-electron chi connectivity index (χ0n) is 16.5. The molecule has 8 heteroatoms. The van der Waals surface area contributed by atoms with E-state index in [1.165, 1.54) is 23.3 Å². The molecule has 0 aliphatic heterocycles. The Hall–Kier alpha value is -3.26. The molecule has 1 aromatic carbocycles. The summed E-state index contributed by atoms with van der Waals surface area (Å²) in [5, 5.41) is 6.89. The Morgan fingerprint density at radius 1 is 1.33 bits per heavy atom. The second-order valence-corrected chi connectivity index (χ2v) is 9.10. The number of hydrogen-bond donors (Lipinski definition) is 1. The molecule has 0 spiro atoms. The summed E-state index contributed by atoms with van der Waals surface area (Å²) in [4.78, 5) is 23.7. The first-order chi connectivity index (χ1) is 14.6. The van der Waals surface area contributed by atoms with Crippen molar-refractivity contribution in [1.29, 1.82) is 0 Å². The van der Waals surface area contributed by atoms with Crippen molar-refractivity contribution in [3.05, 3.63) is 47.2 Å². The van der Waals surface area contributed by atoms with Gasteiger partial charge < -0.3 is 10.3 Å². The van der Waals surface area contributed by atoms with Crippen LogP contribution in [0.1, 0.15) is 36.1 Å². The van der Waals surface area contributed by atoms with E-state index in [1.807, 2.05) is 35.0 Å². The van der Waals surface area contributed by atoms with Crippen LogP contribution in [0.5, 0.6) is 0 Å². The van der Waals surface area contributed by atoms with Crippen LogP contribution in [-0.4, -0.2) is 30.1 Å². The van der Waals surface area contributed by atoms with Crippen molar-refractivity contribution < 1.29 is 4.79 Å². The van der Waals surface area contributed by atoms with E-state index in [9.17, 15) is 4.79 Å². The topological polar surface area (TPSA) is 91.1 Å². The summed E-state index contributed by atoms with van der Waals surface area (Å²) < 4.78 is 3.65. The van der Waals surface area contributed by atoms with Crippen LogP contribution in [0.3, 0.4) is 0 Å². The van der Waals surface area contributed by atoms with Crippen molar-refractivity contribution in [2.24, 2.45) is 5.73 Å². The molecule has 6 rings (SSSR count). The fourth-order valence-corrected chi connectivity index (χ4v) is 6.02. The van der Waals surface area contributed by atoms with Gasteiger partial charge in [0.2, 0.25) is 5.91 Å². The highest BCUT2D eigenvalue weighted by Crippen LogP contribution is 2.43. The zero-order chi connectivity index (χ0) is 20.4. The number of nitrogens with two attached hydrogens (primary N) is 1. The Morgan fingerprint density at radius 3 is 3.07 bits per heavy atom. The number of amides is 1. The lowest BCUT2D eigenvalue weighted by molar-refractivity contribution is -0.118. The fraction of sp³-hybridized carbons (Fsp3) is 0.273. The molecule has 1 aliphatic rings. The minimum absolute atomic E-state index is 0.120. The van der Waals surface area contributed by atoms with Crippen molar-refractivity contribution >= 4 is 44.0 Å². The number of thiophene rings is 1. The first kappa shape index (κ1) is 17.6. The third kappa shape index (κ3) is 2.50. The Balaban J connectivity index is 1.61. The normalized spacial score (nSPS) is 16.5. The number of para-hydroxylation sites is 1. The van der Waals surface area contributed by atoms with E-state index in [0.29, 0.717) is 11.7 Å². The van der Waals surface area contributed by atoms with Gasteiger partial charge >= 0.3 is 0 Å². The van der Waals surface area contributed by atoms with Gasteiger partial charge in [-0.25, -0.2) is 14.5 Å². The second kappa shape index (κ2) is 6.37. The minimum Gasteiger partial charge on any atom is -0.368 e. The van der Waals surface area contributed by atoms with Crippen molar-refractivity contribution in [2.45, 2.75) is 38.6 Å². The van der Waals surface area contributed by atoms with Crippen molar-refractivity contribution in [3.63, 3.8) is 0 Å². The Labute approximate surface area is 176 Å². The number of fused-ring (bicyclic) bond motifs is 6. The van der Waals surface area contributed by atoms with Crippen LogP contribution in [0.4, 0.5) is 0 Å². The lowest BCUT2D eigenvalue weighted by atomic mass is 9.87. The van der Waals surface area contributed by atoms with E-state index in [-0.39, 0.29) is 12.5 Å². The number of aryl methyl sites for hydroxylation is 1. The van der Waals surface area contributed by atoms with Crippen LogP contribution in [-0.2, 0) is 17.8 Å². The summed E-state index contributed by atoms with van der Waals surface area (Å²) in [5.74, 6) is 0.760. The van der Waals surface area contributed by atoms with Gasteiger partial charge in [0.25, 0.3) is 0 Å². The van der Waals surface area contributed by atoms with Crippen LogP contribution >= 0.6 is 11.3 Å². The standard InChI is InChI=1S/C22H20N6OS/c1-12-5-4-8-16-18(12)19-21-25-20(26-28(21)11-24-22(19)30-16)14-9-27(10-17(23)29)15-7-3-2-6-13(14)15/h2-3,6-7,9,11-12H,4-5,8,10H2,1H3,(H2,23,29). The smallest absolute Gasteiger partial charge is 0.237 e. The minimum atomic E-state index is -0.380. The number of carbonyl (C=O) groups is 1. The van der Waals surface area contributed by atoms with Crippen LogP contribution < -0.4 is 5.73 Å². The quantitative estimate of drug-likeness (QED) is 0.483. The van der Waals surface area contributed by atoms with E-state index in [4.69, 9.17) is 15.8 Å². The van der Waals surface area contributed by atoms with Crippen LogP contribution in [0.15, 0.2) is 36.8 Å². The molecule has 0 saturated heterocycles. The fourth-order valence-electron chi connectivity index (χ4n) is 4.72. The van der Waals surface area contributed by atoms with Crippen molar-refractivity contribution in [1.82, 2.24) is 24.1 Å². The highest BCUT2D eigenvalue weighted by Gasteiger charge is 2.26. The molecule has 4 heterocycles. The maximum atomic E-state index is 11.5.